The van der Waals surface area contributed by atoms with Crippen molar-refractivity contribution in [2.45, 2.75) is 12.8 Å². The molecule has 0 aromatic heterocycles. The second kappa shape index (κ2) is 5.68. The molecule has 0 atom stereocenters. The number of anilines is 1. The largest absolute Gasteiger partial charge is 0.330 e. The van der Waals surface area contributed by atoms with Gasteiger partial charge in [0.15, 0.2) is 0 Å². The van der Waals surface area contributed by atoms with E-state index in [-0.39, 0.29) is 10.9 Å². The van der Waals surface area contributed by atoms with Gasteiger partial charge in [-0.2, -0.15) is 0 Å². The first-order chi connectivity index (χ1) is 7.11. The molecule has 0 heterocycles. The topological polar surface area (TPSA) is 55.1 Å². The molecule has 82 valence electrons. The van der Waals surface area contributed by atoms with Gasteiger partial charge in [0.2, 0.25) is 5.91 Å². The first kappa shape index (κ1) is 11.9. The molecule has 0 bridgehead atoms. The SMILES string of the molecule is NCCCC(=O)Nc1cc(F)cc(Cl)c1. The molecule has 0 aliphatic heterocycles. The van der Waals surface area contributed by atoms with Crippen LogP contribution in [0.2, 0.25) is 5.02 Å². The lowest BCUT2D eigenvalue weighted by Crippen LogP contribution is -2.13. The molecular weight excluding hydrogens is 219 g/mol. The summed E-state index contributed by atoms with van der Waals surface area (Å²) < 4.78 is 12.9. The Labute approximate surface area is 92.4 Å². The second-order valence-electron chi connectivity index (χ2n) is 3.10. The van der Waals surface area contributed by atoms with Crippen molar-refractivity contribution in [2.75, 3.05) is 11.9 Å². The smallest absolute Gasteiger partial charge is 0.224 e. The third-order valence-corrected chi connectivity index (χ3v) is 1.97. The zero-order valence-corrected chi connectivity index (χ0v) is 8.85. The Bertz CT molecular complexity index is 337. The van der Waals surface area contributed by atoms with Gasteiger partial charge in [0.1, 0.15) is 5.82 Å². The van der Waals surface area contributed by atoms with Gasteiger partial charge >= 0.3 is 0 Å². The Hall–Kier alpha value is -1.13. The number of nitrogens with two attached hydrogens (primary N) is 1. The quantitative estimate of drug-likeness (QED) is 0.833. The summed E-state index contributed by atoms with van der Waals surface area (Å²) in [7, 11) is 0. The number of carbonyl (C=O) groups is 1. The minimum Gasteiger partial charge on any atom is -0.330 e. The van der Waals surface area contributed by atoms with E-state index < -0.39 is 5.82 Å². The molecule has 0 saturated carbocycles. The van der Waals surface area contributed by atoms with E-state index in [9.17, 15) is 9.18 Å². The normalized spacial score (nSPS) is 10.1. The first-order valence-corrected chi connectivity index (χ1v) is 4.95. The Balaban J connectivity index is 2.60. The van der Waals surface area contributed by atoms with Gasteiger partial charge in [-0.3, -0.25) is 4.79 Å². The van der Waals surface area contributed by atoms with Crippen LogP contribution < -0.4 is 11.1 Å². The molecule has 3 N–H and O–H groups in total. The lowest BCUT2D eigenvalue weighted by Gasteiger charge is -2.05. The van der Waals surface area contributed by atoms with E-state index in [2.05, 4.69) is 5.32 Å². The number of nitrogens with one attached hydrogen (secondary N) is 1. The van der Waals surface area contributed by atoms with Gasteiger partial charge in [-0.15, -0.1) is 0 Å². The number of hydrogen-bond acceptors (Lipinski definition) is 2. The Morgan fingerprint density at radius 3 is 2.80 bits per heavy atom. The first-order valence-electron chi connectivity index (χ1n) is 4.58. The molecule has 1 amide bonds. The lowest BCUT2D eigenvalue weighted by molar-refractivity contribution is -0.116. The maximum Gasteiger partial charge on any atom is 0.224 e. The fraction of sp³-hybridized carbons (Fsp3) is 0.300. The molecule has 1 rings (SSSR count). The molecule has 5 heteroatoms. The minimum absolute atomic E-state index is 0.192. The Morgan fingerprint density at radius 1 is 1.47 bits per heavy atom. The van der Waals surface area contributed by atoms with E-state index >= 15 is 0 Å². The zero-order valence-electron chi connectivity index (χ0n) is 8.09. The van der Waals surface area contributed by atoms with Gasteiger partial charge < -0.3 is 11.1 Å². The molecule has 0 aliphatic rings. The average molecular weight is 231 g/mol. The van der Waals surface area contributed by atoms with E-state index in [0.717, 1.165) is 0 Å². The van der Waals surface area contributed by atoms with Crippen molar-refractivity contribution >= 4 is 23.2 Å². The number of amides is 1. The van der Waals surface area contributed by atoms with Gasteiger partial charge in [0.05, 0.1) is 0 Å². The predicted molar refractivity (Wildman–Crippen MR) is 58.3 cm³/mol. The number of rotatable bonds is 4. The van der Waals surface area contributed by atoms with Crippen LogP contribution in [0.4, 0.5) is 10.1 Å². The van der Waals surface area contributed by atoms with Gasteiger partial charge in [-0.25, -0.2) is 4.39 Å². The molecule has 1 aromatic carbocycles. The van der Waals surface area contributed by atoms with E-state index in [0.29, 0.717) is 25.1 Å². The summed E-state index contributed by atoms with van der Waals surface area (Å²) in [6.45, 7) is 0.456. The minimum atomic E-state index is -0.475. The van der Waals surface area contributed by atoms with Crippen molar-refractivity contribution in [2.24, 2.45) is 5.73 Å². The fourth-order valence-electron chi connectivity index (χ4n) is 1.11. The third kappa shape index (κ3) is 4.27. The van der Waals surface area contributed by atoms with Gasteiger partial charge in [0.25, 0.3) is 0 Å². The summed E-state index contributed by atoms with van der Waals surface area (Å²) in [5.74, 6) is -0.668. The van der Waals surface area contributed by atoms with E-state index in [1.54, 1.807) is 0 Å². The van der Waals surface area contributed by atoms with Crippen LogP contribution in [0.5, 0.6) is 0 Å². The Morgan fingerprint density at radius 2 is 2.20 bits per heavy atom. The highest BCUT2D eigenvalue weighted by Gasteiger charge is 2.03. The fourth-order valence-corrected chi connectivity index (χ4v) is 1.33. The highest BCUT2D eigenvalue weighted by atomic mass is 35.5. The van der Waals surface area contributed by atoms with Gasteiger partial charge in [-0.1, -0.05) is 11.6 Å². The van der Waals surface area contributed by atoms with Crippen LogP contribution in [0, 0.1) is 5.82 Å². The van der Waals surface area contributed by atoms with Crippen LogP contribution in [-0.4, -0.2) is 12.5 Å². The van der Waals surface area contributed by atoms with Gasteiger partial charge in [-0.05, 0) is 31.2 Å². The van der Waals surface area contributed by atoms with Crippen LogP contribution in [-0.2, 0) is 4.79 Å². The van der Waals surface area contributed by atoms with Crippen LogP contribution >= 0.6 is 11.6 Å². The standard InChI is InChI=1S/C10H12ClFN2O/c11-7-4-8(12)6-9(5-7)14-10(15)2-1-3-13/h4-6H,1-3,13H2,(H,14,15). The number of hydrogen-bond donors (Lipinski definition) is 2. The van der Waals surface area contributed by atoms with Gasteiger partial charge in [0, 0.05) is 17.1 Å². The van der Waals surface area contributed by atoms with Crippen LogP contribution in [0.1, 0.15) is 12.8 Å². The maximum absolute atomic E-state index is 12.9. The van der Waals surface area contributed by atoms with Crippen LogP contribution in [0.25, 0.3) is 0 Å². The van der Waals surface area contributed by atoms with Crippen LogP contribution in [0.3, 0.4) is 0 Å². The monoisotopic (exact) mass is 230 g/mol. The molecule has 3 nitrogen and oxygen atoms in total. The molecule has 0 spiro atoms. The van der Waals surface area contributed by atoms with Crippen molar-refractivity contribution in [3.63, 3.8) is 0 Å². The molecule has 0 fully saturated rings. The van der Waals surface area contributed by atoms with E-state index in [4.69, 9.17) is 17.3 Å². The summed E-state index contributed by atoms with van der Waals surface area (Å²) in [4.78, 5) is 11.3. The Kier molecular flexibility index (Phi) is 4.52. The van der Waals surface area contributed by atoms with Crippen molar-refractivity contribution in [3.8, 4) is 0 Å². The second-order valence-corrected chi connectivity index (χ2v) is 3.53. The van der Waals surface area contributed by atoms with Crippen molar-refractivity contribution in [3.05, 3.63) is 29.0 Å². The average Bonchev–Trinajstić information content (AvgIpc) is 2.13. The summed E-state index contributed by atoms with van der Waals surface area (Å²) >= 11 is 5.63. The van der Waals surface area contributed by atoms with Crippen LogP contribution in [0.15, 0.2) is 18.2 Å². The summed E-state index contributed by atoms with van der Waals surface area (Å²) in [5, 5.41) is 2.79. The molecule has 0 unspecified atom stereocenters. The van der Waals surface area contributed by atoms with Crippen molar-refractivity contribution < 1.29 is 9.18 Å². The number of halogens is 2. The zero-order chi connectivity index (χ0) is 11.3. The third-order valence-electron chi connectivity index (χ3n) is 1.75. The molecule has 0 aliphatic carbocycles. The summed E-state index contributed by atoms with van der Waals surface area (Å²) in [6, 6.07) is 3.88. The molecular formula is C10H12ClFN2O. The van der Waals surface area contributed by atoms with Crippen molar-refractivity contribution in [1.82, 2.24) is 0 Å². The van der Waals surface area contributed by atoms with Crippen molar-refractivity contribution in [1.29, 1.82) is 0 Å². The number of carbonyl (C=O) groups excluding carboxylic acids is 1. The van der Waals surface area contributed by atoms with E-state index in [1.807, 2.05) is 0 Å². The maximum atomic E-state index is 12.9. The molecule has 0 saturated heterocycles. The summed E-state index contributed by atoms with van der Waals surface area (Å²) in [5.41, 5.74) is 5.62. The van der Waals surface area contributed by atoms with E-state index in [1.165, 1.54) is 18.2 Å². The summed E-state index contributed by atoms with van der Waals surface area (Å²) in [6.07, 6.45) is 0.930. The predicted octanol–water partition coefficient (Wildman–Crippen LogP) is 2.16. The number of benzene rings is 1. The molecule has 1 aromatic rings. The lowest BCUT2D eigenvalue weighted by atomic mass is 10.2. The highest BCUT2D eigenvalue weighted by Crippen LogP contribution is 2.18. The highest BCUT2D eigenvalue weighted by molar-refractivity contribution is 6.30. The molecule has 0 radical (unpaired) electrons. The molecule has 15 heavy (non-hydrogen) atoms.